The van der Waals surface area contributed by atoms with Gasteiger partial charge in [-0.3, -0.25) is 14.0 Å². The number of esters is 1. The van der Waals surface area contributed by atoms with Crippen LogP contribution in [0.5, 0.6) is 0 Å². The van der Waals surface area contributed by atoms with Gasteiger partial charge in [0.2, 0.25) is 0 Å². The Hall–Kier alpha value is -4.26. The van der Waals surface area contributed by atoms with E-state index in [4.69, 9.17) is 4.74 Å². The fourth-order valence-corrected chi connectivity index (χ4v) is 3.40. The Balaban J connectivity index is 1.56. The average Bonchev–Trinajstić information content (AvgIpc) is 2.83. The molecule has 2 aromatic heterocycles. The van der Waals surface area contributed by atoms with E-state index in [1.165, 1.54) is 15.4 Å². The normalized spacial score (nSPS) is 10.7. The van der Waals surface area contributed by atoms with Gasteiger partial charge in [-0.15, -0.1) is 0 Å². The van der Waals surface area contributed by atoms with Crippen molar-refractivity contribution in [3.63, 3.8) is 0 Å². The molecule has 0 aliphatic heterocycles. The van der Waals surface area contributed by atoms with Crippen molar-refractivity contribution in [3.05, 3.63) is 112 Å². The van der Waals surface area contributed by atoms with Gasteiger partial charge < -0.3 is 9.64 Å². The zero-order valence-corrected chi connectivity index (χ0v) is 17.7. The van der Waals surface area contributed by atoms with E-state index in [-0.39, 0.29) is 29.2 Å². The minimum Gasteiger partial charge on any atom is -0.456 e. The smallest absolute Gasteiger partial charge is 0.339 e. The van der Waals surface area contributed by atoms with Crippen LogP contribution in [0.2, 0.25) is 0 Å². The number of rotatable bonds is 5. The molecule has 0 saturated heterocycles. The third-order valence-corrected chi connectivity index (χ3v) is 5.12. The minimum absolute atomic E-state index is 0.147. The van der Waals surface area contributed by atoms with E-state index in [9.17, 15) is 14.4 Å². The number of para-hydroxylation sites is 1. The zero-order valence-electron chi connectivity index (χ0n) is 17.7. The lowest BCUT2D eigenvalue weighted by molar-refractivity contribution is 0.0465. The molecule has 0 atom stereocenters. The Morgan fingerprint density at radius 1 is 0.969 bits per heavy atom. The van der Waals surface area contributed by atoms with Crippen molar-refractivity contribution in [1.29, 1.82) is 0 Å². The molecule has 0 N–H and O–H groups in total. The van der Waals surface area contributed by atoms with Gasteiger partial charge in [-0.2, -0.15) is 0 Å². The molecule has 0 spiro atoms. The van der Waals surface area contributed by atoms with Crippen molar-refractivity contribution in [1.82, 2.24) is 9.38 Å². The second kappa shape index (κ2) is 8.85. The predicted octanol–water partition coefficient (Wildman–Crippen LogP) is 3.64. The topological polar surface area (TPSA) is 81.0 Å². The highest BCUT2D eigenvalue weighted by molar-refractivity contribution is 6.11. The van der Waals surface area contributed by atoms with Crippen molar-refractivity contribution in [2.24, 2.45) is 0 Å². The van der Waals surface area contributed by atoms with Crippen LogP contribution >= 0.6 is 0 Å². The predicted molar refractivity (Wildman–Crippen MR) is 121 cm³/mol. The molecule has 0 aliphatic rings. The summed E-state index contributed by atoms with van der Waals surface area (Å²) in [6, 6.07) is 20.6. The number of amides is 1. The van der Waals surface area contributed by atoms with E-state index in [0.717, 1.165) is 5.56 Å². The SMILES string of the molecule is Cc1cccn2c(=O)cc(COC(=O)c3ccccc3C(=O)N(C)c3ccccc3)nc12. The Morgan fingerprint density at radius 3 is 2.41 bits per heavy atom. The molecule has 160 valence electrons. The van der Waals surface area contributed by atoms with Gasteiger partial charge in [-0.25, -0.2) is 9.78 Å². The fraction of sp³-hybridized carbons (Fsp3) is 0.120. The van der Waals surface area contributed by atoms with Gasteiger partial charge in [0.25, 0.3) is 11.5 Å². The number of nitrogens with zero attached hydrogens (tertiary/aromatic N) is 3. The molecule has 7 nitrogen and oxygen atoms in total. The van der Waals surface area contributed by atoms with Crippen LogP contribution < -0.4 is 10.5 Å². The third kappa shape index (κ3) is 4.13. The van der Waals surface area contributed by atoms with Crippen molar-refractivity contribution in [3.8, 4) is 0 Å². The van der Waals surface area contributed by atoms with E-state index in [1.54, 1.807) is 43.6 Å². The molecule has 4 rings (SSSR count). The van der Waals surface area contributed by atoms with Crippen LogP contribution in [0.4, 0.5) is 5.69 Å². The number of carbonyl (C=O) groups is 2. The van der Waals surface area contributed by atoms with E-state index in [2.05, 4.69) is 4.98 Å². The van der Waals surface area contributed by atoms with Crippen molar-refractivity contribution >= 4 is 23.2 Å². The first kappa shape index (κ1) is 21.0. The highest BCUT2D eigenvalue weighted by Crippen LogP contribution is 2.18. The Morgan fingerprint density at radius 2 is 1.66 bits per heavy atom. The minimum atomic E-state index is -0.665. The average molecular weight is 427 g/mol. The monoisotopic (exact) mass is 427 g/mol. The zero-order chi connectivity index (χ0) is 22.7. The molecule has 7 heteroatoms. The second-order valence-corrected chi connectivity index (χ2v) is 7.29. The standard InChI is InChI=1S/C25H21N3O4/c1-17-9-8-14-28-22(29)15-18(26-23(17)28)16-32-25(31)21-13-7-6-12-20(21)24(30)27(2)19-10-4-3-5-11-19/h3-15H,16H2,1-2H3. The molecule has 0 unspecified atom stereocenters. The number of carbonyl (C=O) groups excluding carboxylic acids is 2. The summed E-state index contributed by atoms with van der Waals surface area (Å²) in [5.41, 5.74) is 2.49. The van der Waals surface area contributed by atoms with Gasteiger partial charge >= 0.3 is 5.97 Å². The number of aromatic nitrogens is 2. The maximum atomic E-state index is 13.0. The van der Waals surface area contributed by atoms with Gasteiger partial charge in [0.15, 0.2) is 0 Å². The number of fused-ring (bicyclic) bond motifs is 1. The molecule has 4 aromatic rings. The van der Waals surface area contributed by atoms with Crippen molar-refractivity contribution < 1.29 is 14.3 Å². The van der Waals surface area contributed by atoms with Crippen LogP contribution in [0.15, 0.2) is 83.8 Å². The van der Waals surface area contributed by atoms with Gasteiger partial charge in [-0.1, -0.05) is 36.4 Å². The molecule has 0 radical (unpaired) electrons. The first-order chi connectivity index (χ1) is 15.5. The van der Waals surface area contributed by atoms with Crippen LogP contribution in [0, 0.1) is 6.92 Å². The summed E-state index contributed by atoms with van der Waals surface area (Å²) >= 11 is 0. The van der Waals surface area contributed by atoms with E-state index < -0.39 is 5.97 Å². The maximum absolute atomic E-state index is 13.0. The number of hydrogen-bond donors (Lipinski definition) is 0. The van der Waals surface area contributed by atoms with E-state index >= 15 is 0 Å². The first-order valence-electron chi connectivity index (χ1n) is 10.0. The van der Waals surface area contributed by atoms with E-state index in [1.807, 2.05) is 43.3 Å². The third-order valence-electron chi connectivity index (χ3n) is 5.12. The van der Waals surface area contributed by atoms with Crippen LogP contribution in [0.1, 0.15) is 32.0 Å². The molecule has 0 bridgehead atoms. The Bertz CT molecular complexity index is 1360. The number of benzene rings is 2. The first-order valence-corrected chi connectivity index (χ1v) is 10.0. The van der Waals surface area contributed by atoms with Crippen LogP contribution in [-0.2, 0) is 11.3 Å². The highest BCUT2D eigenvalue weighted by atomic mass is 16.5. The summed E-state index contributed by atoms with van der Waals surface area (Å²) in [5, 5.41) is 0. The summed E-state index contributed by atoms with van der Waals surface area (Å²) < 4.78 is 6.85. The Kier molecular flexibility index (Phi) is 5.81. The van der Waals surface area contributed by atoms with Crippen LogP contribution in [0.3, 0.4) is 0 Å². The molecule has 0 saturated carbocycles. The fourth-order valence-electron chi connectivity index (χ4n) is 3.40. The summed E-state index contributed by atoms with van der Waals surface area (Å²) in [6.45, 7) is 1.67. The van der Waals surface area contributed by atoms with Gasteiger partial charge in [0, 0.05) is 25.0 Å². The molecule has 2 heterocycles. The van der Waals surface area contributed by atoms with Gasteiger partial charge in [-0.05, 0) is 42.8 Å². The lowest BCUT2D eigenvalue weighted by Crippen LogP contribution is -2.28. The summed E-state index contributed by atoms with van der Waals surface area (Å²) in [4.78, 5) is 44.1. The van der Waals surface area contributed by atoms with Crippen LogP contribution in [0.25, 0.3) is 5.65 Å². The number of anilines is 1. The lowest BCUT2D eigenvalue weighted by Gasteiger charge is -2.18. The summed E-state index contributed by atoms with van der Waals surface area (Å²) in [7, 11) is 1.65. The summed E-state index contributed by atoms with van der Waals surface area (Å²) in [6.07, 6.45) is 1.64. The van der Waals surface area contributed by atoms with Crippen molar-refractivity contribution in [2.45, 2.75) is 13.5 Å². The number of ether oxygens (including phenoxy) is 1. The number of hydrogen-bond acceptors (Lipinski definition) is 5. The molecule has 0 fully saturated rings. The van der Waals surface area contributed by atoms with Gasteiger partial charge in [0.05, 0.1) is 16.8 Å². The van der Waals surface area contributed by atoms with Crippen LogP contribution in [-0.4, -0.2) is 28.3 Å². The lowest BCUT2D eigenvalue weighted by atomic mass is 10.1. The largest absolute Gasteiger partial charge is 0.456 e. The quantitative estimate of drug-likeness (QED) is 0.454. The van der Waals surface area contributed by atoms with E-state index in [0.29, 0.717) is 17.0 Å². The molecule has 32 heavy (non-hydrogen) atoms. The number of aryl methyl sites for hydroxylation is 1. The maximum Gasteiger partial charge on any atom is 0.339 e. The summed E-state index contributed by atoms with van der Waals surface area (Å²) in [5.74, 6) is -0.997. The van der Waals surface area contributed by atoms with Crippen molar-refractivity contribution in [2.75, 3.05) is 11.9 Å². The second-order valence-electron chi connectivity index (χ2n) is 7.29. The molecule has 1 amide bonds. The molecule has 0 aliphatic carbocycles. The molecular weight excluding hydrogens is 406 g/mol. The molecule has 2 aromatic carbocycles. The Labute approximate surface area is 184 Å². The number of pyridine rings is 1. The molecular formula is C25H21N3O4. The highest BCUT2D eigenvalue weighted by Gasteiger charge is 2.21. The van der Waals surface area contributed by atoms with Gasteiger partial charge in [0.1, 0.15) is 12.3 Å².